The molecule has 88 heavy (non-hydrogen) atoms. The molecule has 12 rings (SSSR count). The summed E-state index contributed by atoms with van der Waals surface area (Å²) in [6, 6.07) is 62.2. The first-order valence-corrected chi connectivity index (χ1v) is 30.4. The number of hydrogen-bond donors (Lipinski definition) is 3. The molecule has 16 nitrogen and oxygen atoms in total. The maximum Gasteiger partial charge on any atom is 0.323 e. The summed E-state index contributed by atoms with van der Waals surface area (Å²) in [6.45, 7) is 18.7. The van der Waals surface area contributed by atoms with Gasteiger partial charge in [-0.2, -0.15) is 4.99 Å². The largest absolute Gasteiger partial charge is 0.489 e. The monoisotopic (exact) mass is 1180 g/mol. The fraction of sp³-hybridized carbons (Fsp3) is 0.278. The number of carbonyl (C=O) groups excluding carboxylic acids is 4. The van der Waals surface area contributed by atoms with Crippen LogP contribution in [0, 0.1) is 0 Å². The molecule has 0 unspecified atom stereocenters. The molecule has 0 radical (unpaired) electrons. The minimum absolute atomic E-state index is 0.0249. The third kappa shape index (κ3) is 16.2. The fourth-order valence-corrected chi connectivity index (χ4v) is 11.5. The summed E-state index contributed by atoms with van der Waals surface area (Å²) in [6.07, 6.45) is 3.40. The number of rotatable bonds is 15. The van der Waals surface area contributed by atoms with E-state index in [1.807, 2.05) is 149 Å². The van der Waals surface area contributed by atoms with Gasteiger partial charge in [0.2, 0.25) is 6.08 Å². The molecule has 0 bridgehead atoms. The van der Waals surface area contributed by atoms with E-state index >= 15 is 0 Å². The Hall–Kier alpha value is -9.73. The van der Waals surface area contributed by atoms with Crippen molar-refractivity contribution in [2.24, 2.45) is 4.99 Å². The Balaban J connectivity index is 0.000000173. The van der Waals surface area contributed by atoms with E-state index in [9.17, 15) is 19.2 Å². The number of piperazine rings is 2. The molecule has 4 amide bonds. The van der Waals surface area contributed by atoms with Crippen LogP contribution in [0.1, 0.15) is 70.7 Å². The van der Waals surface area contributed by atoms with Gasteiger partial charge in [-0.3, -0.25) is 19.4 Å². The molecule has 0 aromatic heterocycles. The number of para-hydroxylation sites is 6. The second-order valence-electron chi connectivity index (χ2n) is 22.8. The summed E-state index contributed by atoms with van der Waals surface area (Å²) in [4.78, 5) is 66.1. The lowest BCUT2D eigenvalue weighted by atomic mass is 10.1. The molecule has 0 saturated carbocycles. The quantitative estimate of drug-likeness (QED) is 0.0507. The second-order valence-corrected chi connectivity index (χ2v) is 22.8. The molecule has 4 heterocycles. The Labute approximate surface area is 516 Å². The Kier molecular flexibility index (Phi) is 20.6. The molecule has 0 atom stereocenters. The van der Waals surface area contributed by atoms with Crippen LogP contribution in [0.3, 0.4) is 0 Å². The minimum atomic E-state index is -0.325. The number of carbonyl (C=O) groups is 3. The number of anilines is 7. The summed E-state index contributed by atoms with van der Waals surface area (Å²) in [7, 11) is 0. The summed E-state index contributed by atoms with van der Waals surface area (Å²) in [5, 5.41) is 5.73. The number of fused-ring (bicyclic) bond motifs is 2. The van der Waals surface area contributed by atoms with E-state index in [1.54, 1.807) is 12.1 Å². The van der Waals surface area contributed by atoms with E-state index in [2.05, 4.69) is 105 Å². The van der Waals surface area contributed by atoms with Crippen molar-refractivity contribution in [1.82, 2.24) is 9.80 Å². The van der Waals surface area contributed by atoms with Crippen molar-refractivity contribution < 1.29 is 28.7 Å². The zero-order valence-corrected chi connectivity index (χ0v) is 50.7. The molecule has 8 aromatic carbocycles. The topological polar surface area (TPSA) is 169 Å². The summed E-state index contributed by atoms with van der Waals surface area (Å²) >= 11 is 0. The average molecular weight is 1180 g/mol. The standard InChI is InChI=1S/C36H39N5O3.C29H34N4O2.C7H5NO/c1-26(2)44-34-14-7-6-13-32(34)40-21-19-39(20-22-40)25-27-9-8-10-29(23-27)35(42)41-18-17-28-15-16-31(24-33(28)41)38-36(43)37-30-11-4-3-5-12-30;1-21(2)35-28-9-4-3-8-26(28)32-16-14-31(15-17-32)20-22-6-5-7-24(18-22)29(34)33-13-12-23-10-11-25(30)19-27(23)33;9-6-8-7-4-2-1-3-5-7/h3-16,23-24,26H,17-22,25H2,1-2H3,(H2,37,38,43);3-11,18-19,21H,12-17,20,30H2,1-2H3;1-5H. The van der Waals surface area contributed by atoms with Gasteiger partial charge in [0.05, 0.1) is 29.3 Å². The Morgan fingerprint density at radius 1 is 0.477 bits per heavy atom. The lowest BCUT2D eigenvalue weighted by molar-refractivity contribution is 0.0981. The van der Waals surface area contributed by atoms with Crippen LogP contribution in [0.4, 0.5) is 50.3 Å². The number of ether oxygens (including phenoxy) is 2. The van der Waals surface area contributed by atoms with Gasteiger partial charge in [-0.15, -0.1) is 0 Å². The van der Waals surface area contributed by atoms with Gasteiger partial charge in [0.25, 0.3) is 11.8 Å². The zero-order chi connectivity index (χ0) is 61.4. The highest BCUT2D eigenvalue weighted by atomic mass is 16.5. The highest BCUT2D eigenvalue weighted by Gasteiger charge is 2.29. The first-order chi connectivity index (χ1) is 42.8. The van der Waals surface area contributed by atoms with Gasteiger partial charge in [0, 0.05) is 118 Å². The maximum absolute atomic E-state index is 13.7. The molecule has 8 aromatic rings. The van der Waals surface area contributed by atoms with Gasteiger partial charge in [-0.25, -0.2) is 9.59 Å². The SMILES string of the molecule is CC(C)Oc1ccccc1N1CCN(Cc2cccc(C(=O)N3CCc4ccc(N)cc43)c2)CC1.CC(C)Oc1ccccc1N1CCN(Cc2cccc(C(=O)N3CCc4ccc(NC(=O)Nc5ccccc5)cc43)c2)CC1.O=C=Nc1ccccc1. The van der Waals surface area contributed by atoms with Gasteiger partial charge in [0.1, 0.15) is 11.5 Å². The van der Waals surface area contributed by atoms with Crippen molar-refractivity contribution in [1.29, 1.82) is 0 Å². The average Bonchev–Trinajstić information content (AvgIpc) is 2.27. The van der Waals surface area contributed by atoms with Crippen LogP contribution in [0.15, 0.2) is 199 Å². The van der Waals surface area contributed by atoms with Gasteiger partial charge < -0.3 is 45.4 Å². The van der Waals surface area contributed by atoms with Crippen molar-refractivity contribution in [3.8, 4) is 11.5 Å². The molecule has 4 aliphatic rings. The fourth-order valence-electron chi connectivity index (χ4n) is 11.5. The predicted octanol–water partition coefficient (Wildman–Crippen LogP) is 12.9. The number of isocyanates is 1. The smallest absolute Gasteiger partial charge is 0.323 e. The molecule has 4 aliphatic heterocycles. The molecule has 2 fully saturated rings. The molecular weight excluding hydrogens is 1100 g/mol. The van der Waals surface area contributed by atoms with Crippen LogP contribution < -0.4 is 45.4 Å². The van der Waals surface area contributed by atoms with Crippen LogP contribution in [0.5, 0.6) is 11.5 Å². The molecule has 0 spiro atoms. The normalized spacial score (nSPS) is 14.6. The van der Waals surface area contributed by atoms with Crippen molar-refractivity contribution in [3.05, 3.63) is 228 Å². The number of benzene rings is 8. The van der Waals surface area contributed by atoms with Gasteiger partial charge in [0.15, 0.2) is 0 Å². The van der Waals surface area contributed by atoms with Crippen molar-refractivity contribution in [3.63, 3.8) is 0 Å². The van der Waals surface area contributed by atoms with E-state index in [-0.39, 0.29) is 30.1 Å². The Morgan fingerprint density at radius 2 is 0.932 bits per heavy atom. The molecular formula is C72H78N10O6. The summed E-state index contributed by atoms with van der Waals surface area (Å²) in [5.41, 5.74) is 18.8. The number of nitrogens with zero attached hydrogens (tertiary/aromatic N) is 7. The molecule has 0 aliphatic carbocycles. The lowest BCUT2D eigenvalue weighted by Gasteiger charge is -2.37. The Morgan fingerprint density at radius 3 is 1.43 bits per heavy atom. The van der Waals surface area contributed by atoms with E-state index in [1.165, 1.54) is 22.9 Å². The van der Waals surface area contributed by atoms with E-state index in [4.69, 9.17) is 15.2 Å². The number of aliphatic imine (C=N–C) groups is 1. The van der Waals surface area contributed by atoms with Crippen LogP contribution in [0.25, 0.3) is 0 Å². The highest BCUT2D eigenvalue weighted by molar-refractivity contribution is 6.09. The first-order valence-electron chi connectivity index (χ1n) is 30.4. The van der Waals surface area contributed by atoms with Crippen LogP contribution in [0.2, 0.25) is 0 Å². The number of nitrogen functional groups attached to an aromatic ring is 1. The van der Waals surface area contributed by atoms with Crippen LogP contribution in [-0.4, -0.2) is 111 Å². The van der Waals surface area contributed by atoms with Crippen LogP contribution >= 0.6 is 0 Å². The number of nitrogens with two attached hydrogens (primary N) is 1. The van der Waals surface area contributed by atoms with E-state index in [0.717, 1.165) is 124 Å². The van der Waals surface area contributed by atoms with Crippen molar-refractivity contribution in [2.45, 2.75) is 65.8 Å². The van der Waals surface area contributed by atoms with Crippen molar-refractivity contribution in [2.75, 3.05) is 101 Å². The number of urea groups is 1. The van der Waals surface area contributed by atoms with Crippen LogP contribution in [-0.2, 0) is 30.7 Å². The zero-order valence-electron chi connectivity index (χ0n) is 50.7. The number of amides is 4. The lowest BCUT2D eigenvalue weighted by Crippen LogP contribution is -2.46. The maximum atomic E-state index is 13.7. The molecule has 16 heteroatoms. The summed E-state index contributed by atoms with van der Waals surface area (Å²) < 4.78 is 12.1. The van der Waals surface area contributed by atoms with Gasteiger partial charge in [-0.05, 0) is 160 Å². The number of hydrogen-bond acceptors (Lipinski definition) is 12. The second kappa shape index (κ2) is 29.6. The highest BCUT2D eigenvalue weighted by Crippen LogP contribution is 2.35. The molecule has 2 saturated heterocycles. The van der Waals surface area contributed by atoms with Gasteiger partial charge >= 0.3 is 6.03 Å². The first kappa shape index (κ1) is 61.4. The van der Waals surface area contributed by atoms with E-state index < -0.39 is 0 Å². The third-order valence-electron chi connectivity index (χ3n) is 15.7. The van der Waals surface area contributed by atoms with Crippen molar-refractivity contribution >= 4 is 69.4 Å². The third-order valence-corrected chi connectivity index (χ3v) is 15.7. The molecule has 452 valence electrons. The molecule has 4 N–H and O–H groups in total. The minimum Gasteiger partial charge on any atom is -0.489 e. The van der Waals surface area contributed by atoms with Gasteiger partial charge in [-0.1, -0.05) is 97.1 Å². The predicted molar refractivity (Wildman–Crippen MR) is 354 cm³/mol. The Bertz CT molecular complexity index is 3710. The summed E-state index contributed by atoms with van der Waals surface area (Å²) in [5.74, 6) is 1.90. The number of nitrogens with one attached hydrogen (secondary N) is 2. The van der Waals surface area contributed by atoms with E-state index in [0.29, 0.717) is 41.4 Å².